The van der Waals surface area contributed by atoms with Crippen molar-refractivity contribution in [1.82, 2.24) is 14.1 Å². The molecule has 1 unspecified atom stereocenters. The van der Waals surface area contributed by atoms with Crippen molar-refractivity contribution in [2.75, 3.05) is 6.54 Å². The Morgan fingerprint density at radius 3 is 2.67 bits per heavy atom. The average molecular weight is 311 g/mol. The lowest BCUT2D eigenvalue weighted by Crippen LogP contribution is -2.33. The summed E-state index contributed by atoms with van der Waals surface area (Å²) in [6.45, 7) is 1.69. The van der Waals surface area contributed by atoms with Crippen molar-refractivity contribution in [3.63, 3.8) is 0 Å². The Bertz CT molecular complexity index is 646. The lowest BCUT2D eigenvalue weighted by molar-refractivity contribution is 0.148. The number of sulfonamides is 1. The molecule has 2 saturated carbocycles. The van der Waals surface area contributed by atoms with Crippen LogP contribution in [0, 0.1) is 5.92 Å². The maximum atomic E-state index is 12.4. The second kappa shape index (κ2) is 4.79. The molecule has 1 aliphatic heterocycles. The summed E-state index contributed by atoms with van der Waals surface area (Å²) >= 11 is 0. The SMILES string of the molecule is O=S(=O)(C1CC1)N1CCCn2nc(C(O)C3CC3)cc2C1. The fourth-order valence-corrected chi connectivity index (χ4v) is 4.90. The Morgan fingerprint density at radius 2 is 2.00 bits per heavy atom. The second-order valence-corrected chi connectivity index (χ2v) is 8.71. The summed E-state index contributed by atoms with van der Waals surface area (Å²) in [5.74, 6) is 0.343. The number of aliphatic hydroxyl groups excluding tert-OH is 1. The van der Waals surface area contributed by atoms with Crippen LogP contribution in [0.4, 0.5) is 0 Å². The maximum Gasteiger partial charge on any atom is 0.217 e. The summed E-state index contributed by atoms with van der Waals surface area (Å²) in [6.07, 6.45) is 4.00. The highest BCUT2D eigenvalue weighted by Crippen LogP contribution is 2.41. The zero-order chi connectivity index (χ0) is 14.6. The molecule has 1 aromatic heterocycles. The van der Waals surface area contributed by atoms with E-state index in [4.69, 9.17) is 0 Å². The highest BCUT2D eigenvalue weighted by Gasteiger charge is 2.41. The number of nitrogens with zero attached hydrogens (tertiary/aromatic N) is 3. The van der Waals surface area contributed by atoms with E-state index in [1.54, 1.807) is 4.31 Å². The van der Waals surface area contributed by atoms with E-state index >= 15 is 0 Å². The average Bonchev–Trinajstić information content (AvgIpc) is 3.33. The van der Waals surface area contributed by atoms with E-state index in [1.807, 2.05) is 10.7 Å². The van der Waals surface area contributed by atoms with Crippen molar-refractivity contribution in [2.45, 2.75) is 56.5 Å². The molecule has 0 amide bonds. The molecule has 6 nitrogen and oxygen atoms in total. The maximum absolute atomic E-state index is 12.4. The first-order valence-electron chi connectivity index (χ1n) is 7.79. The van der Waals surface area contributed by atoms with E-state index in [1.165, 1.54) is 0 Å². The molecular formula is C14H21N3O3S. The molecule has 1 aromatic rings. The molecular weight excluding hydrogens is 290 g/mol. The van der Waals surface area contributed by atoms with Gasteiger partial charge >= 0.3 is 0 Å². The normalized spacial score (nSPS) is 25.4. The minimum absolute atomic E-state index is 0.163. The van der Waals surface area contributed by atoms with Crippen LogP contribution in [0.5, 0.6) is 0 Å². The van der Waals surface area contributed by atoms with Gasteiger partial charge in [0.1, 0.15) is 6.10 Å². The van der Waals surface area contributed by atoms with E-state index in [-0.39, 0.29) is 5.25 Å². The van der Waals surface area contributed by atoms with E-state index < -0.39 is 16.1 Å². The zero-order valence-corrected chi connectivity index (χ0v) is 12.8. The van der Waals surface area contributed by atoms with Crippen molar-refractivity contribution < 1.29 is 13.5 Å². The van der Waals surface area contributed by atoms with Crippen LogP contribution in [0.2, 0.25) is 0 Å². The smallest absolute Gasteiger partial charge is 0.217 e. The molecule has 0 saturated heterocycles. The summed E-state index contributed by atoms with van der Waals surface area (Å²) in [5.41, 5.74) is 1.62. The van der Waals surface area contributed by atoms with Gasteiger partial charge in [-0.15, -0.1) is 0 Å². The Balaban J connectivity index is 1.59. The minimum Gasteiger partial charge on any atom is -0.386 e. The number of hydrogen-bond donors (Lipinski definition) is 1. The molecule has 1 atom stereocenters. The minimum atomic E-state index is -3.14. The summed E-state index contributed by atoms with van der Waals surface area (Å²) in [7, 11) is -3.14. The first kappa shape index (κ1) is 13.7. The Hall–Kier alpha value is -0.920. The third-order valence-corrected chi connectivity index (χ3v) is 7.02. The van der Waals surface area contributed by atoms with Gasteiger partial charge in [-0.1, -0.05) is 0 Å². The van der Waals surface area contributed by atoms with Gasteiger partial charge in [-0.25, -0.2) is 8.42 Å². The number of aryl methyl sites for hydroxylation is 1. The lowest BCUT2D eigenvalue weighted by atomic mass is 10.1. The van der Waals surface area contributed by atoms with Gasteiger partial charge < -0.3 is 5.11 Å². The quantitative estimate of drug-likeness (QED) is 0.901. The van der Waals surface area contributed by atoms with Crippen molar-refractivity contribution >= 4 is 10.0 Å². The Labute approximate surface area is 124 Å². The van der Waals surface area contributed by atoms with Gasteiger partial charge in [0.2, 0.25) is 10.0 Å². The topological polar surface area (TPSA) is 75.4 Å². The predicted molar refractivity (Wildman–Crippen MR) is 76.9 cm³/mol. The molecule has 0 radical (unpaired) electrons. The van der Waals surface area contributed by atoms with Crippen molar-refractivity contribution in [2.24, 2.45) is 5.92 Å². The molecule has 0 aromatic carbocycles. The molecule has 2 aliphatic carbocycles. The van der Waals surface area contributed by atoms with Gasteiger partial charge in [-0.3, -0.25) is 4.68 Å². The van der Waals surface area contributed by atoms with E-state index in [0.717, 1.165) is 44.3 Å². The van der Waals surface area contributed by atoms with Gasteiger partial charge in [0.25, 0.3) is 0 Å². The molecule has 21 heavy (non-hydrogen) atoms. The van der Waals surface area contributed by atoms with Crippen LogP contribution in [0.1, 0.15) is 49.6 Å². The number of rotatable bonds is 4. The number of aromatic nitrogens is 2. The summed E-state index contributed by atoms with van der Waals surface area (Å²) < 4.78 is 28.3. The third-order valence-electron chi connectivity index (χ3n) is 4.68. The van der Waals surface area contributed by atoms with Crippen LogP contribution in [0.25, 0.3) is 0 Å². The van der Waals surface area contributed by atoms with Crippen molar-refractivity contribution in [3.05, 3.63) is 17.5 Å². The molecule has 0 bridgehead atoms. The van der Waals surface area contributed by atoms with Gasteiger partial charge in [0, 0.05) is 13.1 Å². The zero-order valence-electron chi connectivity index (χ0n) is 12.0. The first-order chi connectivity index (χ1) is 10.1. The van der Waals surface area contributed by atoms with Crippen LogP contribution in [-0.2, 0) is 23.1 Å². The van der Waals surface area contributed by atoms with Crippen LogP contribution >= 0.6 is 0 Å². The fraction of sp³-hybridized carbons (Fsp3) is 0.786. The predicted octanol–water partition coefficient (Wildman–Crippen LogP) is 1.02. The fourth-order valence-electron chi connectivity index (χ4n) is 3.05. The number of hydrogen-bond acceptors (Lipinski definition) is 4. The van der Waals surface area contributed by atoms with Crippen molar-refractivity contribution in [3.8, 4) is 0 Å². The van der Waals surface area contributed by atoms with E-state index in [0.29, 0.717) is 24.7 Å². The third kappa shape index (κ3) is 2.51. The second-order valence-electron chi connectivity index (χ2n) is 6.50. The van der Waals surface area contributed by atoms with Crippen LogP contribution in [0.3, 0.4) is 0 Å². The number of fused-ring (bicyclic) bond motifs is 1. The van der Waals surface area contributed by atoms with Crippen LogP contribution in [0.15, 0.2) is 6.07 Å². The molecule has 4 rings (SSSR count). The molecule has 0 spiro atoms. The molecule has 1 N–H and O–H groups in total. The molecule has 7 heteroatoms. The molecule has 3 aliphatic rings. The monoisotopic (exact) mass is 311 g/mol. The highest BCUT2D eigenvalue weighted by molar-refractivity contribution is 7.90. The first-order valence-corrected chi connectivity index (χ1v) is 9.29. The summed E-state index contributed by atoms with van der Waals surface area (Å²) in [6, 6.07) is 1.89. The summed E-state index contributed by atoms with van der Waals surface area (Å²) in [5, 5.41) is 14.5. The molecule has 2 heterocycles. The molecule has 2 fully saturated rings. The highest BCUT2D eigenvalue weighted by atomic mass is 32.2. The Kier molecular flexibility index (Phi) is 3.13. The van der Waals surface area contributed by atoms with Gasteiger partial charge in [-0.2, -0.15) is 9.40 Å². The largest absolute Gasteiger partial charge is 0.386 e. The van der Waals surface area contributed by atoms with Crippen LogP contribution in [-0.4, -0.2) is 39.4 Å². The summed E-state index contributed by atoms with van der Waals surface area (Å²) in [4.78, 5) is 0. The standard InChI is InChI=1S/C14H21N3O3S/c18-14(10-2-3-10)13-8-11-9-16(6-1-7-17(11)15-13)21(19,20)12-4-5-12/h8,10,12,14,18H,1-7,9H2. The van der Waals surface area contributed by atoms with Gasteiger partial charge in [0.05, 0.1) is 23.2 Å². The molecule has 116 valence electrons. The number of aliphatic hydroxyl groups is 1. The van der Waals surface area contributed by atoms with Crippen molar-refractivity contribution in [1.29, 1.82) is 0 Å². The van der Waals surface area contributed by atoms with E-state index in [2.05, 4.69) is 5.10 Å². The van der Waals surface area contributed by atoms with E-state index in [9.17, 15) is 13.5 Å². The lowest BCUT2D eigenvalue weighted by Gasteiger charge is -2.19. The van der Waals surface area contributed by atoms with Crippen LogP contribution < -0.4 is 0 Å². The van der Waals surface area contributed by atoms with Gasteiger partial charge in [-0.05, 0) is 44.1 Å². The Morgan fingerprint density at radius 1 is 1.24 bits per heavy atom. The van der Waals surface area contributed by atoms with Gasteiger partial charge in [0.15, 0.2) is 0 Å².